The van der Waals surface area contributed by atoms with E-state index in [1.165, 1.54) is 0 Å². The number of carbonyl (C=O) groups excluding carboxylic acids is 1. The Kier molecular flexibility index (Phi) is 6.12. The highest BCUT2D eigenvalue weighted by Crippen LogP contribution is 2.28. The first-order valence-electron chi connectivity index (χ1n) is 6.45. The second-order valence-electron chi connectivity index (χ2n) is 4.52. The lowest BCUT2D eigenvalue weighted by atomic mass is 10.1. The third kappa shape index (κ3) is 4.73. The SMILES string of the molecule is CCCNC(=O)C(C)Oc1ccc(Cl)cc1C(C)N. The molecule has 1 rings (SSSR count). The summed E-state index contributed by atoms with van der Waals surface area (Å²) in [5.74, 6) is 0.464. The van der Waals surface area contributed by atoms with Crippen molar-refractivity contribution in [2.75, 3.05) is 6.54 Å². The summed E-state index contributed by atoms with van der Waals surface area (Å²) >= 11 is 5.94. The Morgan fingerprint density at radius 3 is 2.74 bits per heavy atom. The summed E-state index contributed by atoms with van der Waals surface area (Å²) in [4.78, 5) is 11.8. The maximum atomic E-state index is 11.8. The van der Waals surface area contributed by atoms with Gasteiger partial charge in [0.2, 0.25) is 0 Å². The van der Waals surface area contributed by atoms with Crippen LogP contribution in [0.15, 0.2) is 18.2 Å². The zero-order chi connectivity index (χ0) is 14.4. The van der Waals surface area contributed by atoms with E-state index in [-0.39, 0.29) is 11.9 Å². The highest BCUT2D eigenvalue weighted by Gasteiger charge is 2.17. The van der Waals surface area contributed by atoms with Crippen molar-refractivity contribution in [1.29, 1.82) is 0 Å². The molecule has 106 valence electrons. The quantitative estimate of drug-likeness (QED) is 0.844. The van der Waals surface area contributed by atoms with Crippen LogP contribution >= 0.6 is 11.6 Å². The Bertz CT molecular complexity index is 435. The fourth-order valence-electron chi connectivity index (χ4n) is 1.62. The van der Waals surface area contributed by atoms with Gasteiger partial charge in [-0.15, -0.1) is 0 Å². The predicted octanol–water partition coefficient (Wildman–Crippen LogP) is 2.65. The van der Waals surface area contributed by atoms with Crippen molar-refractivity contribution in [2.24, 2.45) is 5.73 Å². The average Bonchev–Trinajstić information content (AvgIpc) is 2.37. The molecule has 4 nitrogen and oxygen atoms in total. The number of rotatable bonds is 6. The van der Waals surface area contributed by atoms with Gasteiger partial charge in [0.25, 0.3) is 5.91 Å². The average molecular weight is 285 g/mol. The Morgan fingerprint density at radius 1 is 1.47 bits per heavy atom. The van der Waals surface area contributed by atoms with Crippen molar-refractivity contribution in [1.82, 2.24) is 5.32 Å². The number of ether oxygens (including phenoxy) is 1. The van der Waals surface area contributed by atoms with E-state index in [0.717, 1.165) is 12.0 Å². The molecule has 0 bridgehead atoms. The Hall–Kier alpha value is -1.26. The monoisotopic (exact) mass is 284 g/mol. The van der Waals surface area contributed by atoms with Gasteiger partial charge in [0.05, 0.1) is 0 Å². The van der Waals surface area contributed by atoms with Gasteiger partial charge >= 0.3 is 0 Å². The number of carbonyl (C=O) groups is 1. The largest absolute Gasteiger partial charge is 0.481 e. The number of hydrogen-bond donors (Lipinski definition) is 2. The number of nitrogens with one attached hydrogen (secondary N) is 1. The number of benzene rings is 1. The lowest BCUT2D eigenvalue weighted by Gasteiger charge is -2.18. The summed E-state index contributed by atoms with van der Waals surface area (Å²) in [6.45, 7) is 6.21. The van der Waals surface area contributed by atoms with E-state index in [2.05, 4.69) is 5.32 Å². The third-order valence-electron chi connectivity index (χ3n) is 2.68. The minimum absolute atomic E-state index is 0.132. The van der Waals surface area contributed by atoms with Gasteiger partial charge in [0, 0.05) is 23.2 Å². The topological polar surface area (TPSA) is 64.3 Å². The Labute approximate surface area is 119 Å². The van der Waals surface area contributed by atoms with Crippen LogP contribution in [0.25, 0.3) is 0 Å². The second kappa shape index (κ2) is 7.36. The Balaban J connectivity index is 2.78. The molecule has 5 heteroatoms. The van der Waals surface area contributed by atoms with Crippen LogP contribution < -0.4 is 15.8 Å². The second-order valence-corrected chi connectivity index (χ2v) is 4.96. The zero-order valence-corrected chi connectivity index (χ0v) is 12.3. The number of nitrogens with two attached hydrogens (primary N) is 1. The van der Waals surface area contributed by atoms with E-state index in [9.17, 15) is 4.79 Å². The molecule has 2 atom stereocenters. The fourth-order valence-corrected chi connectivity index (χ4v) is 1.80. The maximum Gasteiger partial charge on any atom is 0.260 e. The standard InChI is InChI=1S/C14H21ClN2O2/c1-4-7-17-14(18)10(3)19-13-6-5-11(15)8-12(13)9(2)16/h5-6,8-10H,4,7,16H2,1-3H3,(H,17,18). The van der Waals surface area contributed by atoms with Gasteiger partial charge in [-0.1, -0.05) is 18.5 Å². The molecule has 2 unspecified atom stereocenters. The molecular formula is C14H21ClN2O2. The molecular weight excluding hydrogens is 264 g/mol. The highest BCUT2D eigenvalue weighted by atomic mass is 35.5. The van der Waals surface area contributed by atoms with Gasteiger partial charge in [-0.2, -0.15) is 0 Å². The number of halogens is 1. The van der Waals surface area contributed by atoms with Crippen LogP contribution in [0.3, 0.4) is 0 Å². The minimum Gasteiger partial charge on any atom is -0.481 e. The smallest absolute Gasteiger partial charge is 0.260 e. The van der Waals surface area contributed by atoms with E-state index < -0.39 is 6.10 Å². The predicted molar refractivity (Wildman–Crippen MR) is 77.4 cm³/mol. The van der Waals surface area contributed by atoms with Crippen LogP contribution in [0.1, 0.15) is 38.8 Å². The molecule has 1 aromatic carbocycles. The summed E-state index contributed by atoms with van der Waals surface area (Å²) in [5.41, 5.74) is 6.67. The number of amides is 1. The summed E-state index contributed by atoms with van der Waals surface area (Å²) in [5, 5.41) is 3.39. The lowest BCUT2D eigenvalue weighted by molar-refractivity contribution is -0.127. The molecule has 1 aromatic rings. The molecule has 19 heavy (non-hydrogen) atoms. The van der Waals surface area contributed by atoms with E-state index in [1.807, 2.05) is 13.8 Å². The van der Waals surface area contributed by atoms with Crippen LogP contribution in [0.4, 0.5) is 0 Å². The van der Waals surface area contributed by atoms with Crippen LogP contribution in [-0.2, 0) is 4.79 Å². The van der Waals surface area contributed by atoms with E-state index >= 15 is 0 Å². The molecule has 0 aliphatic heterocycles. The molecule has 0 spiro atoms. The molecule has 0 aromatic heterocycles. The van der Waals surface area contributed by atoms with Gasteiger partial charge in [0.15, 0.2) is 6.10 Å². The van der Waals surface area contributed by atoms with Crippen LogP contribution in [0.5, 0.6) is 5.75 Å². The molecule has 0 heterocycles. The van der Waals surface area contributed by atoms with Gasteiger partial charge in [0.1, 0.15) is 5.75 Å². The van der Waals surface area contributed by atoms with E-state index in [4.69, 9.17) is 22.1 Å². The van der Waals surface area contributed by atoms with Crippen molar-refractivity contribution in [3.05, 3.63) is 28.8 Å². The Morgan fingerprint density at radius 2 is 2.16 bits per heavy atom. The van der Waals surface area contributed by atoms with Crippen molar-refractivity contribution >= 4 is 17.5 Å². The van der Waals surface area contributed by atoms with Crippen molar-refractivity contribution in [3.8, 4) is 5.75 Å². The van der Waals surface area contributed by atoms with Crippen molar-refractivity contribution in [2.45, 2.75) is 39.3 Å². The molecule has 0 saturated carbocycles. The zero-order valence-electron chi connectivity index (χ0n) is 11.6. The van der Waals surface area contributed by atoms with Gasteiger partial charge < -0.3 is 15.8 Å². The fraction of sp³-hybridized carbons (Fsp3) is 0.500. The minimum atomic E-state index is -0.565. The first-order valence-corrected chi connectivity index (χ1v) is 6.82. The summed E-state index contributed by atoms with van der Waals surface area (Å²) in [6, 6.07) is 5.02. The normalized spacial score (nSPS) is 13.7. The molecule has 0 aliphatic rings. The van der Waals surface area contributed by atoms with Crippen LogP contribution in [-0.4, -0.2) is 18.6 Å². The van der Waals surface area contributed by atoms with Crippen LogP contribution in [0.2, 0.25) is 5.02 Å². The molecule has 1 amide bonds. The first kappa shape index (κ1) is 15.8. The summed E-state index contributed by atoms with van der Waals surface area (Å²) in [7, 11) is 0. The lowest BCUT2D eigenvalue weighted by Crippen LogP contribution is -2.36. The van der Waals surface area contributed by atoms with Gasteiger partial charge in [-0.3, -0.25) is 4.79 Å². The maximum absolute atomic E-state index is 11.8. The van der Waals surface area contributed by atoms with Gasteiger partial charge in [-0.25, -0.2) is 0 Å². The first-order chi connectivity index (χ1) is 8.95. The summed E-state index contributed by atoms with van der Waals surface area (Å²) in [6.07, 6.45) is 0.329. The van der Waals surface area contributed by atoms with Gasteiger partial charge in [-0.05, 0) is 38.5 Å². The summed E-state index contributed by atoms with van der Waals surface area (Å²) < 4.78 is 5.67. The molecule has 0 fully saturated rings. The highest BCUT2D eigenvalue weighted by molar-refractivity contribution is 6.30. The van der Waals surface area contributed by atoms with E-state index in [1.54, 1.807) is 25.1 Å². The van der Waals surface area contributed by atoms with Crippen molar-refractivity contribution in [3.63, 3.8) is 0 Å². The molecule has 0 aliphatic carbocycles. The molecule has 3 N–H and O–H groups in total. The van der Waals surface area contributed by atoms with Crippen LogP contribution in [0, 0.1) is 0 Å². The van der Waals surface area contributed by atoms with E-state index in [0.29, 0.717) is 17.3 Å². The third-order valence-corrected chi connectivity index (χ3v) is 2.92. The molecule has 0 saturated heterocycles. The number of hydrogen-bond acceptors (Lipinski definition) is 3. The molecule has 0 radical (unpaired) electrons. The van der Waals surface area contributed by atoms with Crippen molar-refractivity contribution < 1.29 is 9.53 Å².